The van der Waals surface area contributed by atoms with Crippen molar-refractivity contribution in [2.24, 2.45) is 0 Å². The molecule has 2 nitrogen and oxygen atoms in total. The summed E-state index contributed by atoms with van der Waals surface area (Å²) >= 11 is 0. The van der Waals surface area contributed by atoms with E-state index in [4.69, 9.17) is 0 Å². The molecule has 108 valence electrons. The molecule has 3 aromatic rings. The topological polar surface area (TPSA) is 28.7 Å². The number of nitrogens with one attached hydrogen (secondary N) is 1. The van der Waals surface area contributed by atoms with E-state index in [-0.39, 0.29) is 10.9 Å². The van der Waals surface area contributed by atoms with Crippen LogP contribution in [0.4, 0.5) is 8.78 Å². The highest BCUT2D eigenvalue weighted by Gasteiger charge is 2.21. The molecule has 21 heavy (non-hydrogen) atoms. The van der Waals surface area contributed by atoms with Crippen molar-refractivity contribution < 1.29 is 8.78 Å². The van der Waals surface area contributed by atoms with E-state index in [1.165, 1.54) is 6.07 Å². The maximum absolute atomic E-state index is 13.8. The first-order chi connectivity index (χ1) is 9.88. The number of fused-ring (bicyclic) bond motifs is 1. The van der Waals surface area contributed by atoms with Crippen molar-refractivity contribution in [1.82, 2.24) is 9.97 Å². The molecular formula is C17H16F2N2. The minimum absolute atomic E-state index is 0.0358. The van der Waals surface area contributed by atoms with E-state index in [1.54, 1.807) is 0 Å². The van der Waals surface area contributed by atoms with E-state index in [0.717, 1.165) is 17.2 Å². The number of H-pyrrole nitrogens is 1. The van der Waals surface area contributed by atoms with Gasteiger partial charge in [0.05, 0.1) is 5.52 Å². The summed E-state index contributed by atoms with van der Waals surface area (Å²) < 4.78 is 27.1. The van der Waals surface area contributed by atoms with Crippen molar-refractivity contribution in [2.75, 3.05) is 0 Å². The van der Waals surface area contributed by atoms with Crippen LogP contribution in [0.5, 0.6) is 0 Å². The zero-order valence-electron chi connectivity index (χ0n) is 12.2. The van der Waals surface area contributed by atoms with Crippen LogP contribution >= 0.6 is 0 Å². The lowest BCUT2D eigenvalue weighted by atomic mass is 9.83. The second-order valence-corrected chi connectivity index (χ2v) is 6.14. The standard InChI is InChI=1S/C17H16F2N2/c1-17(2,3)11-7-5-4-6-10(11)16-20-13-9-8-12(18)14(19)15(13)21-16/h4-9H,1-3H3,(H,20,21). The van der Waals surface area contributed by atoms with Gasteiger partial charge >= 0.3 is 0 Å². The molecule has 0 fully saturated rings. The van der Waals surface area contributed by atoms with Gasteiger partial charge < -0.3 is 4.98 Å². The van der Waals surface area contributed by atoms with Crippen LogP contribution in [0.3, 0.4) is 0 Å². The van der Waals surface area contributed by atoms with Gasteiger partial charge in [-0.15, -0.1) is 0 Å². The molecule has 3 rings (SSSR count). The van der Waals surface area contributed by atoms with Gasteiger partial charge in [0.1, 0.15) is 11.3 Å². The Labute approximate surface area is 121 Å². The highest BCUT2D eigenvalue weighted by Crippen LogP contribution is 2.32. The van der Waals surface area contributed by atoms with Crippen molar-refractivity contribution >= 4 is 11.0 Å². The van der Waals surface area contributed by atoms with E-state index in [0.29, 0.717) is 11.3 Å². The molecule has 1 heterocycles. The number of aromatic nitrogens is 2. The molecule has 0 unspecified atom stereocenters. The first-order valence-electron chi connectivity index (χ1n) is 6.81. The van der Waals surface area contributed by atoms with Crippen molar-refractivity contribution in [3.05, 3.63) is 53.6 Å². The highest BCUT2D eigenvalue weighted by atomic mass is 19.2. The Morgan fingerprint density at radius 1 is 1.00 bits per heavy atom. The Morgan fingerprint density at radius 3 is 2.43 bits per heavy atom. The maximum Gasteiger partial charge on any atom is 0.186 e. The summed E-state index contributed by atoms with van der Waals surface area (Å²) in [6, 6.07) is 10.5. The van der Waals surface area contributed by atoms with Gasteiger partial charge in [-0.1, -0.05) is 45.0 Å². The SMILES string of the molecule is CC(C)(C)c1ccccc1-c1nc2c(F)c(F)ccc2[nH]1. The fourth-order valence-corrected chi connectivity index (χ4v) is 2.49. The monoisotopic (exact) mass is 286 g/mol. The summed E-state index contributed by atoms with van der Waals surface area (Å²) in [6.07, 6.45) is 0. The molecule has 0 aliphatic rings. The average molecular weight is 286 g/mol. The van der Waals surface area contributed by atoms with E-state index in [1.807, 2.05) is 24.3 Å². The van der Waals surface area contributed by atoms with Crippen molar-refractivity contribution in [3.63, 3.8) is 0 Å². The lowest BCUT2D eigenvalue weighted by Gasteiger charge is -2.21. The first kappa shape index (κ1) is 13.7. The van der Waals surface area contributed by atoms with E-state index < -0.39 is 11.6 Å². The van der Waals surface area contributed by atoms with Gasteiger partial charge in [0, 0.05) is 5.56 Å². The average Bonchev–Trinajstić information content (AvgIpc) is 2.87. The third-order valence-electron chi connectivity index (χ3n) is 3.54. The molecule has 0 atom stereocenters. The summed E-state index contributed by atoms with van der Waals surface area (Å²) in [5, 5.41) is 0. The number of hydrogen-bond acceptors (Lipinski definition) is 1. The second kappa shape index (κ2) is 4.65. The van der Waals surface area contributed by atoms with Gasteiger partial charge in [0.25, 0.3) is 0 Å². The second-order valence-electron chi connectivity index (χ2n) is 6.14. The first-order valence-corrected chi connectivity index (χ1v) is 6.81. The summed E-state index contributed by atoms with van der Waals surface area (Å²) in [5.74, 6) is -1.24. The predicted molar refractivity (Wildman–Crippen MR) is 80.1 cm³/mol. The summed E-state index contributed by atoms with van der Waals surface area (Å²) in [5.41, 5.74) is 2.46. The van der Waals surface area contributed by atoms with Crippen LogP contribution in [0.25, 0.3) is 22.4 Å². The van der Waals surface area contributed by atoms with Gasteiger partial charge in [-0.2, -0.15) is 0 Å². The normalized spacial score (nSPS) is 12.0. The molecule has 0 spiro atoms. The Morgan fingerprint density at radius 2 is 1.71 bits per heavy atom. The van der Waals surface area contributed by atoms with E-state index in [9.17, 15) is 8.78 Å². The molecule has 0 bridgehead atoms. The summed E-state index contributed by atoms with van der Waals surface area (Å²) in [4.78, 5) is 7.32. The predicted octanol–water partition coefficient (Wildman–Crippen LogP) is 4.81. The summed E-state index contributed by atoms with van der Waals surface area (Å²) in [7, 11) is 0. The van der Waals surface area contributed by atoms with Crippen LogP contribution in [0, 0.1) is 11.6 Å². The lowest BCUT2D eigenvalue weighted by Crippen LogP contribution is -2.12. The van der Waals surface area contributed by atoms with Crippen LogP contribution in [0.2, 0.25) is 0 Å². The molecule has 1 N–H and O–H groups in total. The van der Waals surface area contributed by atoms with Crippen LogP contribution in [0.1, 0.15) is 26.3 Å². The minimum atomic E-state index is -0.914. The third kappa shape index (κ3) is 2.31. The lowest BCUT2D eigenvalue weighted by molar-refractivity contribution is 0.515. The molecule has 2 aromatic carbocycles. The summed E-state index contributed by atoms with van der Waals surface area (Å²) in [6.45, 7) is 6.32. The van der Waals surface area contributed by atoms with Crippen LogP contribution in [-0.4, -0.2) is 9.97 Å². The van der Waals surface area contributed by atoms with Gasteiger partial charge in [-0.25, -0.2) is 13.8 Å². The zero-order valence-corrected chi connectivity index (χ0v) is 12.2. The Balaban J connectivity index is 2.25. The molecule has 4 heteroatoms. The molecule has 0 amide bonds. The van der Waals surface area contributed by atoms with Crippen LogP contribution in [-0.2, 0) is 5.41 Å². The number of benzene rings is 2. The number of rotatable bonds is 1. The van der Waals surface area contributed by atoms with Crippen molar-refractivity contribution in [3.8, 4) is 11.4 Å². The van der Waals surface area contributed by atoms with E-state index in [2.05, 4.69) is 30.7 Å². The number of halogens is 2. The van der Waals surface area contributed by atoms with Gasteiger partial charge in [0.15, 0.2) is 11.6 Å². The quantitative estimate of drug-likeness (QED) is 0.683. The molecule has 1 aromatic heterocycles. The van der Waals surface area contributed by atoms with Crippen molar-refractivity contribution in [2.45, 2.75) is 26.2 Å². The molecule has 0 aliphatic heterocycles. The fraction of sp³-hybridized carbons (Fsp3) is 0.235. The van der Waals surface area contributed by atoms with Gasteiger partial charge in [0.2, 0.25) is 0 Å². The maximum atomic E-state index is 13.8. The third-order valence-corrected chi connectivity index (χ3v) is 3.54. The van der Waals surface area contributed by atoms with Crippen LogP contribution < -0.4 is 0 Å². The Bertz CT molecular complexity index is 813. The van der Waals surface area contributed by atoms with Gasteiger partial charge in [-0.3, -0.25) is 0 Å². The Kier molecular flexibility index (Phi) is 3.04. The largest absolute Gasteiger partial charge is 0.338 e. The highest BCUT2D eigenvalue weighted by molar-refractivity contribution is 5.80. The van der Waals surface area contributed by atoms with Crippen molar-refractivity contribution in [1.29, 1.82) is 0 Å². The molecule has 0 aliphatic carbocycles. The minimum Gasteiger partial charge on any atom is -0.338 e. The zero-order chi connectivity index (χ0) is 15.2. The smallest absolute Gasteiger partial charge is 0.186 e. The number of hydrogen-bond donors (Lipinski definition) is 1. The number of aromatic amines is 1. The molecular weight excluding hydrogens is 270 g/mol. The Hall–Kier alpha value is -2.23. The van der Waals surface area contributed by atoms with Crippen LogP contribution in [0.15, 0.2) is 36.4 Å². The number of imidazole rings is 1. The number of nitrogens with zero attached hydrogens (tertiary/aromatic N) is 1. The van der Waals surface area contributed by atoms with Gasteiger partial charge in [-0.05, 0) is 23.1 Å². The molecule has 0 saturated carbocycles. The molecule has 0 saturated heterocycles. The van der Waals surface area contributed by atoms with E-state index >= 15 is 0 Å². The molecule has 0 radical (unpaired) electrons. The fourth-order valence-electron chi connectivity index (χ4n) is 2.49.